The third-order valence-corrected chi connectivity index (χ3v) is 6.82. The van der Waals surface area contributed by atoms with Crippen LogP contribution in [0.4, 0.5) is 4.39 Å². The van der Waals surface area contributed by atoms with Crippen molar-refractivity contribution >= 4 is 11.6 Å². The molecule has 4 rings (SSSR count). The first-order chi connectivity index (χ1) is 14.9. The number of nitrogens with zero attached hydrogens (tertiary/aromatic N) is 3. The molecular weight excluding hydrogens is 389 g/mol. The Hall–Kier alpha value is -2.53. The fraction of sp³-hybridized carbons (Fsp3) is 0.462. The van der Waals surface area contributed by atoms with E-state index in [1.165, 1.54) is 42.5 Å². The van der Waals surface area contributed by atoms with E-state index < -0.39 is 0 Å². The van der Waals surface area contributed by atoms with Gasteiger partial charge in [0, 0.05) is 12.5 Å². The number of aryl methyl sites for hydroxylation is 2. The van der Waals surface area contributed by atoms with Crippen LogP contribution >= 0.6 is 0 Å². The van der Waals surface area contributed by atoms with Gasteiger partial charge in [0.15, 0.2) is 0 Å². The van der Waals surface area contributed by atoms with Crippen LogP contribution in [0.15, 0.2) is 47.6 Å². The monoisotopic (exact) mass is 421 g/mol. The molecule has 1 aliphatic heterocycles. The van der Waals surface area contributed by atoms with E-state index in [9.17, 15) is 9.18 Å². The Kier molecular flexibility index (Phi) is 6.51. The van der Waals surface area contributed by atoms with E-state index in [2.05, 4.69) is 36.9 Å². The predicted molar refractivity (Wildman–Crippen MR) is 123 cm³/mol. The highest BCUT2D eigenvalue weighted by atomic mass is 19.1. The summed E-state index contributed by atoms with van der Waals surface area (Å²) in [6.07, 6.45) is 6.63. The first-order valence-corrected chi connectivity index (χ1v) is 11.4. The van der Waals surface area contributed by atoms with Gasteiger partial charge in [-0.05, 0) is 74.2 Å². The Balaban J connectivity index is 1.60. The van der Waals surface area contributed by atoms with Gasteiger partial charge in [0.1, 0.15) is 5.82 Å². The molecule has 164 valence electrons. The number of carbonyl (C=O) groups is 1. The first kappa shape index (κ1) is 21.7. The summed E-state index contributed by atoms with van der Waals surface area (Å²) in [5, 5.41) is 6.36. The molecule has 0 bridgehead atoms. The molecule has 0 radical (unpaired) electrons. The number of benzene rings is 2. The molecular formula is C26H32FN3O. The van der Waals surface area contributed by atoms with Gasteiger partial charge in [0.2, 0.25) is 0 Å². The summed E-state index contributed by atoms with van der Waals surface area (Å²) in [6, 6.07) is 13.0. The number of amides is 1. The fourth-order valence-electron chi connectivity index (χ4n) is 4.75. The first-order valence-electron chi connectivity index (χ1n) is 11.4. The van der Waals surface area contributed by atoms with E-state index in [4.69, 9.17) is 5.10 Å². The number of hydrogen-bond acceptors (Lipinski definition) is 3. The van der Waals surface area contributed by atoms with Crippen LogP contribution in [0, 0.1) is 19.7 Å². The highest BCUT2D eigenvalue weighted by Gasteiger charge is 2.34. The second-order valence-corrected chi connectivity index (χ2v) is 9.07. The molecule has 2 aliphatic rings. The Bertz CT molecular complexity index is 980. The quantitative estimate of drug-likeness (QED) is 0.649. The molecule has 2 aromatic rings. The number of hydrazone groups is 1. The van der Waals surface area contributed by atoms with Crippen molar-refractivity contribution in [3.63, 3.8) is 0 Å². The molecule has 0 N–H and O–H groups in total. The third kappa shape index (κ3) is 4.87. The predicted octanol–water partition coefficient (Wildman–Crippen LogP) is 5.38. The number of hydrogen-bond donors (Lipinski definition) is 0. The van der Waals surface area contributed by atoms with Gasteiger partial charge >= 0.3 is 0 Å². The minimum atomic E-state index is -0.288. The lowest BCUT2D eigenvalue weighted by Crippen LogP contribution is -2.42. The van der Waals surface area contributed by atoms with Crippen LogP contribution < -0.4 is 0 Å². The Morgan fingerprint density at radius 3 is 2.58 bits per heavy atom. The summed E-state index contributed by atoms with van der Waals surface area (Å²) in [5.41, 5.74) is 5.12. The maximum atomic E-state index is 14.0. The largest absolute Gasteiger partial charge is 0.295 e. The van der Waals surface area contributed by atoms with Gasteiger partial charge in [-0.3, -0.25) is 9.69 Å². The topological polar surface area (TPSA) is 35.9 Å². The summed E-state index contributed by atoms with van der Waals surface area (Å²) < 4.78 is 14.0. The van der Waals surface area contributed by atoms with Crippen molar-refractivity contribution in [1.29, 1.82) is 0 Å². The van der Waals surface area contributed by atoms with Gasteiger partial charge in [-0.15, -0.1) is 0 Å². The van der Waals surface area contributed by atoms with Crippen molar-refractivity contribution in [2.24, 2.45) is 5.10 Å². The van der Waals surface area contributed by atoms with Crippen LogP contribution in [-0.4, -0.2) is 41.2 Å². The zero-order valence-corrected chi connectivity index (χ0v) is 18.8. The van der Waals surface area contributed by atoms with Crippen molar-refractivity contribution in [2.75, 3.05) is 13.6 Å². The molecule has 2 aromatic carbocycles. The molecule has 1 saturated carbocycles. The van der Waals surface area contributed by atoms with Crippen molar-refractivity contribution in [1.82, 2.24) is 9.91 Å². The lowest BCUT2D eigenvalue weighted by atomic mass is 9.94. The highest BCUT2D eigenvalue weighted by molar-refractivity contribution is 6.03. The Morgan fingerprint density at radius 2 is 1.87 bits per heavy atom. The van der Waals surface area contributed by atoms with E-state index in [1.54, 1.807) is 11.1 Å². The Morgan fingerprint density at radius 1 is 1.10 bits per heavy atom. The number of likely N-dealkylation sites (N-methyl/N-ethyl adjacent to an activating group) is 1. The summed E-state index contributed by atoms with van der Waals surface area (Å²) in [7, 11) is 2.04. The molecule has 0 spiro atoms. The third-order valence-electron chi connectivity index (χ3n) is 6.82. The molecule has 0 saturated heterocycles. The van der Waals surface area contributed by atoms with Crippen molar-refractivity contribution in [2.45, 2.75) is 64.5 Å². The molecule has 5 heteroatoms. The van der Waals surface area contributed by atoms with Crippen molar-refractivity contribution < 1.29 is 9.18 Å². The van der Waals surface area contributed by atoms with Gasteiger partial charge in [0.25, 0.3) is 5.91 Å². The zero-order chi connectivity index (χ0) is 22.0. The molecule has 0 aromatic heterocycles. The normalized spacial score (nSPS) is 19.7. The number of halogens is 1. The van der Waals surface area contributed by atoms with Crippen LogP contribution in [0.1, 0.15) is 66.8 Å². The van der Waals surface area contributed by atoms with E-state index in [1.807, 2.05) is 13.1 Å². The molecule has 4 nitrogen and oxygen atoms in total. The average Bonchev–Trinajstić information content (AvgIpc) is 3.22. The van der Waals surface area contributed by atoms with Crippen LogP contribution in [-0.2, 0) is 4.79 Å². The molecule has 1 unspecified atom stereocenters. The van der Waals surface area contributed by atoms with Gasteiger partial charge in [-0.25, -0.2) is 9.40 Å². The standard InChI is InChI=1S/C26H32FN3O/c1-18-12-13-20(14-19(18)2)24-16-25(21-8-7-9-22(27)15-21)30(28-24)26(31)17-29(3)23-10-5-4-6-11-23/h7-9,12-15,23,25H,4-6,10-11,16-17H2,1-3H3. The van der Waals surface area contributed by atoms with Gasteiger partial charge in [-0.1, -0.05) is 43.5 Å². The maximum Gasteiger partial charge on any atom is 0.257 e. The fourth-order valence-corrected chi connectivity index (χ4v) is 4.75. The molecule has 1 aliphatic carbocycles. The lowest BCUT2D eigenvalue weighted by molar-refractivity contribution is -0.134. The summed E-state index contributed by atoms with van der Waals surface area (Å²) in [6.45, 7) is 4.50. The SMILES string of the molecule is Cc1ccc(C2=NN(C(=O)CN(C)C3CCCCC3)C(c3cccc(F)c3)C2)cc1C. The van der Waals surface area contributed by atoms with E-state index >= 15 is 0 Å². The van der Waals surface area contributed by atoms with Crippen LogP contribution in [0.3, 0.4) is 0 Å². The molecule has 1 fully saturated rings. The smallest absolute Gasteiger partial charge is 0.257 e. The van der Waals surface area contributed by atoms with E-state index in [-0.39, 0.29) is 17.8 Å². The highest BCUT2D eigenvalue weighted by Crippen LogP contribution is 2.34. The Labute approximate surface area is 184 Å². The molecule has 1 atom stereocenters. The molecule has 31 heavy (non-hydrogen) atoms. The molecule has 1 heterocycles. The van der Waals surface area contributed by atoms with Crippen LogP contribution in [0.25, 0.3) is 0 Å². The minimum Gasteiger partial charge on any atom is -0.295 e. The van der Waals surface area contributed by atoms with Crippen LogP contribution in [0.2, 0.25) is 0 Å². The van der Waals surface area contributed by atoms with Gasteiger partial charge in [0.05, 0.1) is 18.3 Å². The summed E-state index contributed by atoms with van der Waals surface area (Å²) >= 11 is 0. The average molecular weight is 422 g/mol. The van der Waals surface area contributed by atoms with Gasteiger partial charge < -0.3 is 0 Å². The van der Waals surface area contributed by atoms with Gasteiger partial charge in [-0.2, -0.15) is 5.10 Å². The van der Waals surface area contributed by atoms with E-state index in [0.717, 1.165) is 29.7 Å². The van der Waals surface area contributed by atoms with Crippen molar-refractivity contribution in [3.8, 4) is 0 Å². The number of rotatable bonds is 5. The zero-order valence-electron chi connectivity index (χ0n) is 18.8. The second-order valence-electron chi connectivity index (χ2n) is 9.07. The summed E-state index contributed by atoms with van der Waals surface area (Å²) in [4.78, 5) is 15.5. The lowest BCUT2D eigenvalue weighted by Gasteiger charge is -2.32. The minimum absolute atomic E-state index is 0.0267. The second kappa shape index (κ2) is 9.31. The maximum absolute atomic E-state index is 14.0. The van der Waals surface area contributed by atoms with Crippen LogP contribution in [0.5, 0.6) is 0 Å². The van der Waals surface area contributed by atoms with E-state index in [0.29, 0.717) is 19.0 Å². The number of carbonyl (C=O) groups excluding carboxylic acids is 1. The van der Waals surface area contributed by atoms with Crippen molar-refractivity contribution in [3.05, 3.63) is 70.5 Å². The summed E-state index contributed by atoms with van der Waals surface area (Å²) in [5.74, 6) is -0.315. The molecule has 1 amide bonds.